The Morgan fingerprint density at radius 3 is 2.58 bits per heavy atom. The molecule has 2 aromatic heterocycles. The molecule has 0 spiro atoms. The van der Waals surface area contributed by atoms with Gasteiger partial charge in [-0.15, -0.1) is 5.10 Å². The summed E-state index contributed by atoms with van der Waals surface area (Å²) in [6, 6.07) is 8.31. The predicted molar refractivity (Wildman–Crippen MR) is 85.0 cm³/mol. The van der Waals surface area contributed by atoms with Crippen LogP contribution in [0.15, 0.2) is 47.1 Å². The van der Waals surface area contributed by atoms with Gasteiger partial charge in [0.15, 0.2) is 0 Å². The summed E-state index contributed by atoms with van der Waals surface area (Å²) in [7, 11) is 3.01. The molecule has 0 aliphatic carbocycles. The van der Waals surface area contributed by atoms with Gasteiger partial charge in [-0.2, -0.15) is 0 Å². The van der Waals surface area contributed by atoms with Crippen LogP contribution in [0.3, 0.4) is 0 Å². The van der Waals surface area contributed by atoms with Crippen molar-refractivity contribution in [1.29, 1.82) is 0 Å². The number of aromatic nitrogens is 3. The standard InChI is InChI=1S/C16H14N4O4/c1-22-11-3-4-12(13(9-11)23-2)14(21)18-16-20-19-15(24-16)10-5-7-17-8-6-10/h3-9H,1-2H3,(H,18,20,21). The number of carbonyl (C=O) groups is 1. The number of ether oxygens (including phenoxy) is 2. The molecular weight excluding hydrogens is 312 g/mol. The van der Waals surface area contributed by atoms with Gasteiger partial charge in [0.1, 0.15) is 11.5 Å². The van der Waals surface area contributed by atoms with E-state index in [9.17, 15) is 4.79 Å². The number of nitrogens with one attached hydrogen (secondary N) is 1. The second-order valence-electron chi connectivity index (χ2n) is 4.67. The average molecular weight is 326 g/mol. The molecule has 24 heavy (non-hydrogen) atoms. The Balaban J connectivity index is 1.79. The average Bonchev–Trinajstić information content (AvgIpc) is 3.10. The Morgan fingerprint density at radius 1 is 1.08 bits per heavy atom. The van der Waals surface area contributed by atoms with Gasteiger partial charge in [-0.3, -0.25) is 15.1 Å². The maximum Gasteiger partial charge on any atom is 0.322 e. The summed E-state index contributed by atoms with van der Waals surface area (Å²) in [5.41, 5.74) is 1.03. The van der Waals surface area contributed by atoms with Crippen molar-refractivity contribution in [3.05, 3.63) is 48.3 Å². The third-order valence-electron chi connectivity index (χ3n) is 3.23. The molecule has 0 aliphatic heterocycles. The van der Waals surface area contributed by atoms with Gasteiger partial charge in [-0.05, 0) is 24.3 Å². The fourth-order valence-corrected chi connectivity index (χ4v) is 2.04. The van der Waals surface area contributed by atoms with E-state index in [4.69, 9.17) is 13.9 Å². The summed E-state index contributed by atoms with van der Waals surface area (Å²) in [6.45, 7) is 0. The summed E-state index contributed by atoms with van der Waals surface area (Å²) in [6.07, 6.45) is 3.22. The molecule has 0 unspecified atom stereocenters. The number of hydrogen-bond donors (Lipinski definition) is 1. The second-order valence-corrected chi connectivity index (χ2v) is 4.67. The lowest BCUT2D eigenvalue weighted by Gasteiger charge is -2.09. The molecule has 0 saturated heterocycles. The number of pyridine rings is 1. The third-order valence-corrected chi connectivity index (χ3v) is 3.23. The van der Waals surface area contributed by atoms with Crippen molar-refractivity contribution in [2.24, 2.45) is 0 Å². The lowest BCUT2D eigenvalue weighted by molar-refractivity contribution is 0.102. The van der Waals surface area contributed by atoms with E-state index in [1.165, 1.54) is 14.2 Å². The fraction of sp³-hybridized carbons (Fsp3) is 0.125. The van der Waals surface area contributed by atoms with Crippen molar-refractivity contribution in [3.63, 3.8) is 0 Å². The van der Waals surface area contributed by atoms with Gasteiger partial charge in [0, 0.05) is 24.0 Å². The van der Waals surface area contributed by atoms with Crippen LogP contribution in [0.4, 0.5) is 6.01 Å². The van der Waals surface area contributed by atoms with E-state index in [0.717, 1.165) is 0 Å². The second kappa shape index (κ2) is 6.78. The molecule has 1 aromatic carbocycles. The van der Waals surface area contributed by atoms with E-state index in [0.29, 0.717) is 22.6 Å². The van der Waals surface area contributed by atoms with Crippen molar-refractivity contribution in [1.82, 2.24) is 15.2 Å². The molecule has 3 aromatic rings. The smallest absolute Gasteiger partial charge is 0.322 e. The minimum atomic E-state index is -0.431. The predicted octanol–water partition coefficient (Wildman–Crippen LogP) is 2.40. The Kier molecular flexibility index (Phi) is 4.37. The molecule has 3 rings (SSSR count). The van der Waals surface area contributed by atoms with Gasteiger partial charge in [0.05, 0.1) is 19.8 Å². The van der Waals surface area contributed by atoms with Crippen molar-refractivity contribution in [2.75, 3.05) is 19.5 Å². The largest absolute Gasteiger partial charge is 0.497 e. The van der Waals surface area contributed by atoms with Crippen LogP contribution in [0.5, 0.6) is 11.5 Å². The van der Waals surface area contributed by atoms with Crippen LogP contribution in [0.25, 0.3) is 11.5 Å². The molecule has 0 bridgehead atoms. The Hall–Kier alpha value is -3.42. The minimum Gasteiger partial charge on any atom is -0.497 e. The summed E-state index contributed by atoms with van der Waals surface area (Å²) >= 11 is 0. The molecule has 0 fully saturated rings. The highest BCUT2D eigenvalue weighted by Gasteiger charge is 2.17. The maximum absolute atomic E-state index is 12.4. The Labute approximate surface area is 137 Å². The molecular formula is C16H14N4O4. The quantitative estimate of drug-likeness (QED) is 0.768. The van der Waals surface area contributed by atoms with Crippen LogP contribution in [-0.4, -0.2) is 35.3 Å². The van der Waals surface area contributed by atoms with E-state index in [-0.39, 0.29) is 11.9 Å². The van der Waals surface area contributed by atoms with Gasteiger partial charge >= 0.3 is 6.01 Å². The number of methoxy groups -OCH3 is 2. The highest BCUT2D eigenvalue weighted by Crippen LogP contribution is 2.26. The SMILES string of the molecule is COc1ccc(C(=O)Nc2nnc(-c3ccncc3)o2)c(OC)c1. The van der Waals surface area contributed by atoms with Crippen molar-refractivity contribution >= 4 is 11.9 Å². The molecule has 1 N–H and O–H groups in total. The number of rotatable bonds is 5. The Morgan fingerprint density at radius 2 is 1.88 bits per heavy atom. The number of benzene rings is 1. The summed E-state index contributed by atoms with van der Waals surface area (Å²) in [5.74, 6) is 0.815. The summed E-state index contributed by atoms with van der Waals surface area (Å²) in [5, 5.41) is 10.3. The zero-order valence-corrected chi connectivity index (χ0v) is 13.0. The lowest BCUT2D eigenvalue weighted by Crippen LogP contribution is -2.13. The first-order chi connectivity index (χ1) is 11.7. The molecule has 0 atom stereocenters. The summed E-state index contributed by atoms with van der Waals surface area (Å²) < 4.78 is 15.7. The van der Waals surface area contributed by atoms with Crippen molar-refractivity contribution < 1.29 is 18.7 Å². The van der Waals surface area contributed by atoms with Crippen molar-refractivity contribution in [3.8, 4) is 23.0 Å². The first-order valence-corrected chi connectivity index (χ1v) is 6.98. The van der Waals surface area contributed by atoms with E-state index in [2.05, 4.69) is 20.5 Å². The number of amides is 1. The topological polar surface area (TPSA) is 99.4 Å². The van der Waals surface area contributed by atoms with Crippen molar-refractivity contribution in [2.45, 2.75) is 0 Å². The van der Waals surface area contributed by atoms with E-state index >= 15 is 0 Å². The number of carbonyl (C=O) groups excluding carboxylic acids is 1. The first-order valence-electron chi connectivity index (χ1n) is 6.98. The molecule has 8 nitrogen and oxygen atoms in total. The zero-order chi connectivity index (χ0) is 16.9. The fourth-order valence-electron chi connectivity index (χ4n) is 2.04. The molecule has 2 heterocycles. The zero-order valence-electron chi connectivity index (χ0n) is 13.0. The van der Waals surface area contributed by atoms with Crippen LogP contribution in [0, 0.1) is 0 Å². The molecule has 122 valence electrons. The van der Waals surface area contributed by atoms with Gasteiger partial charge < -0.3 is 13.9 Å². The van der Waals surface area contributed by atoms with Gasteiger partial charge in [-0.1, -0.05) is 5.10 Å². The molecule has 1 amide bonds. The van der Waals surface area contributed by atoms with Gasteiger partial charge in [-0.25, -0.2) is 0 Å². The van der Waals surface area contributed by atoms with Gasteiger partial charge in [0.25, 0.3) is 5.91 Å². The highest BCUT2D eigenvalue weighted by molar-refractivity contribution is 6.05. The molecule has 8 heteroatoms. The van der Waals surface area contributed by atoms with Crippen LogP contribution in [0.2, 0.25) is 0 Å². The number of anilines is 1. The molecule has 0 aliphatic rings. The lowest BCUT2D eigenvalue weighted by atomic mass is 10.2. The molecule has 0 saturated carbocycles. The van der Waals surface area contributed by atoms with Crippen LogP contribution < -0.4 is 14.8 Å². The normalized spacial score (nSPS) is 10.2. The number of nitrogens with zero attached hydrogens (tertiary/aromatic N) is 3. The van der Waals surface area contributed by atoms with Crippen LogP contribution >= 0.6 is 0 Å². The Bertz CT molecular complexity index is 848. The highest BCUT2D eigenvalue weighted by atomic mass is 16.5. The third kappa shape index (κ3) is 3.17. The summed E-state index contributed by atoms with van der Waals surface area (Å²) in [4.78, 5) is 16.3. The number of hydrogen-bond acceptors (Lipinski definition) is 7. The minimum absolute atomic E-state index is 0.00955. The molecule has 0 radical (unpaired) electrons. The van der Waals surface area contributed by atoms with E-state index in [1.807, 2.05) is 0 Å². The van der Waals surface area contributed by atoms with Crippen LogP contribution in [-0.2, 0) is 0 Å². The maximum atomic E-state index is 12.4. The van der Waals surface area contributed by atoms with Crippen LogP contribution in [0.1, 0.15) is 10.4 Å². The van der Waals surface area contributed by atoms with E-state index in [1.54, 1.807) is 42.7 Å². The monoisotopic (exact) mass is 326 g/mol. The van der Waals surface area contributed by atoms with E-state index < -0.39 is 5.91 Å². The van der Waals surface area contributed by atoms with Gasteiger partial charge in [0.2, 0.25) is 5.89 Å². The first kappa shape index (κ1) is 15.5.